The van der Waals surface area contributed by atoms with Gasteiger partial charge in [0, 0.05) is 20.9 Å². The van der Waals surface area contributed by atoms with E-state index >= 15 is 0 Å². The van der Waals surface area contributed by atoms with Crippen molar-refractivity contribution in [3.8, 4) is 0 Å². The fourth-order valence-electron chi connectivity index (χ4n) is 2.15. The molecule has 1 saturated carbocycles. The molecule has 0 heterocycles. The molecule has 0 aliphatic heterocycles. The summed E-state index contributed by atoms with van der Waals surface area (Å²) < 4.78 is 0. The highest BCUT2D eigenvalue weighted by atomic mass is 35.5. The van der Waals surface area contributed by atoms with Crippen LogP contribution in [0.5, 0.6) is 0 Å². The van der Waals surface area contributed by atoms with E-state index in [-0.39, 0.29) is 0 Å². The van der Waals surface area contributed by atoms with E-state index in [0.29, 0.717) is 0 Å². The maximum Gasteiger partial charge on any atom is 0.0467 e. The molecule has 1 aromatic carbocycles. The summed E-state index contributed by atoms with van der Waals surface area (Å²) >= 11 is 7.81. The van der Waals surface area contributed by atoms with Gasteiger partial charge in [-0.15, -0.1) is 11.8 Å². The van der Waals surface area contributed by atoms with Crippen LogP contribution in [0.25, 0.3) is 0 Å². The third kappa shape index (κ3) is 3.08. The van der Waals surface area contributed by atoms with Crippen LogP contribution in [0.15, 0.2) is 23.1 Å². The number of anilines is 1. The van der Waals surface area contributed by atoms with Crippen LogP contribution < -0.4 is 5.73 Å². The van der Waals surface area contributed by atoms with E-state index in [1.165, 1.54) is 30.6 Å². The Bertz CT molecular complexity index is 359. The molecule has 0 amide bonds. The minimum atomic E-state index is 0.721. The molecule has 1 fully saturated rings. The minimum Gasteiger partial charge on any atom is -0.398 e. The van der Waals surface area contributed by atoms with Crippen LogP contribution in [-0.2, 0) is 0 Å². The smallest absolute Gasteiger partial charge is 0.0467 e. The zero-order chi connectivity index (χ0) is 11.5. The Kier molecular flexibility index (Phi) is 4.04. The number of hydrogen-bond donors (Lipinski definition) is 1. The molecular weight excluding hydrogens is 238 g/mol. The highest BCUT2D eigenvalue weighted by Gasteiger charge is 2.19. The molecule has 2 N–H and O–H groups in total. The summed E-state index contributed by atoms with van der Waals surface area (Å²) in [5.41, 5.74) is 6.78. The van der Waals surface area contributed by atoms with Gasteiger partial charge in [-0.05, 0) is 49.8 Å². The molecule has 0 saturated heterocycles. The maximum absolute atomic E-state index is 5.96. The quantitative estimate of drug-likeness (QED) is 0.782. The molecule has 2 rings (SSSR count). The van der Waals surface area contributed by atoms with Crippen molar-refractivity contribution in [2.75, 3.05) is 5.73 Å². The maximum atomic E-state index is 5.96. The molecule has 1 aliphatic carbocycles. The van der Waals surface area contributed by atoms with Crippen molar-refractivity contribution in [1.29, 1.82) is 0 Å². The molecule has 0 aromatic heterocycles. The van der Waals surface area contributed by atoms with Crippen LogP contribution in [-0.4, -0.2) is 5.25 Å². The van der Waals surface area contributed by atoms with Crippen LogP contribution >= 0.6 is 23.4 Å². The summed E-state index contributed by atoms with van der Waals surface area (Å²) in [6, 6.07) is 5.81. The van der Waals surface area contributed by atoms with E-state index in [2.05, 4.69) is 6.92 Å². The van der Waals surface area contributed by atoms with Gasteiger partial charge < -0.3 is 5.73 Å². The lowest BCUT2D eigenvalue weighted by atomic mass is 9.91. The number of hydrogen-bond acceptors (Lipinski definition) is 2. The molecule has 0 spiro atoms. The van der Waals surface area contributed by atoms with Gasteiger partial charge in [-0.25, -0.2) is 0 Å². The molecule has 0 unspecified atom stereocenters. The standard InChI is InChI=1S/C13H18ClNS/c1-9-2-5-11(6-3-9)16-13-7-4-10(14)8-12(13)15/h4,7-9,11H,2-3,5-6,15H2,1H3. The number of nitrogen functional groups attached to an aromatic ring is 1. The second kappa shape index (κ2) is 5.33. The zero-order valence-electron chi connectivity index (χ0n) is 9.58. The van der Waals surface area contributed by atoms with Crippen LogP contribution in [0.3, 0.4) is 0 Å². The summed E-state index contributed by atoms with van der Waals surface area (Å²) in [7, 11) is 0. The normalized spacial score (nSPS) is 25.6. The van der Waals surface area contributed by atoms with Gasteiger partial charge in [0.05, 0.1) is 0 Å². The molecule has 3 heteroatoms. The predicted molar refractivity (Wildman–Crippen MR) is 73.1 cm³/mol. The van der Waals surface area contributed by atoms with Gasteiger partial charge in [0.1, 0.15) is 0 Å². The van der Waals surface area contributed by atoms with Crippen molar-refractivity contribution in [3.63, 3.8) is 0 Å². The summed E-state index contributed by atoms with van der Waals surface area (Å²) in [5, 5.41) is 1.46. The molecule has 1 aromatic rings. The summed E-state index contributed by atoms with van der Waals surface area (Å²) in [6.45, 7) is 2.34. The number of rotatable bonds is 2. The molecule has 88 valence electrons. The van der Waals surface area contributed by atoms with Crippen molar-refractivity contribution in [2.45, 2.75) is 42.8 Å². The Morgan fingerprint density at radius 3 is 2.56 bits per heavy atom. The molecular formula is C13H18ClNS. The van der Waals surface area contributed by atoms with E-state index in [1.54, 1.807) is 0 Å². The fourth-order valence-corrected chi connectivity index (χ4v) is 3.54. The van der Waals surface area contributed by atoms with E-state index < -0.39 is 0 Å². The largest absolute Gasteiger partial charge is 0.398 e. The van der Waals surface area contributed by atoms with Crippen molar-refractivity contribution in [2.24, 2.45) is 5.92 Å². The summed E-state index contributed by atoms with van der Waals surface area (Å²) in [4.78, 5) is 1.18. The Hall–Kier alpha value is -0.340. The highest BCUT2D eigenvalue weighted by Crippen LogP contribution is 2.38. The van der Waals surface area contributed by atoms with E-state index in [9.17, 15) is 0 Å². The first-order chi connectivity index (χ1) is 7.65. The molecule has 0 bridgehead atoms. The monoisotopic (exact) mass is 255 g/mol. The molecule has 0 radical (unpaired) electrons. The Balaban J connectivity index is 1.98. The third-order valence-electron chi connectivity index (χ3n) is 3.23. The lowest BCUT2D eigenvalue weighted by Crippen LogP contribution is -2.14. The molecule has 0 atom stereocenters. The first kappa shape index (κ1) is 12.1. The average molecular weight is 256 g/mol. The first-order valence-corrected chi connectivity index (χ1v) is 7.12. The van der Waals surface area contributed by atoms with Crippen LogP contribution in [0.4, 0.5) is 5.69 Å². The number of nitrogens with two attached hydrogens (primary N) is 1. The SMILES string of the molecule is CC1CCC(Sc2ccc(Cl)cc2N)CC1. The summed E-state index contributed by atoms with van der Waals surface area (Å²) in [5.74, 6) is 0.902. The average Bonchev–Trinajstić information content (AvgIpc) is 2.25. The van der Waals surface area contributed by atoms with E-state index in [0.717, 1.165) is 21.9 Å². The van der Waals surface area contributed by atoms with Crippen LogP contribution in [0.1, 0.15) is 32.6 Å². The van der Waals surface area contributed by atoms with Gasteiger partial charge in [0.2, 0.25) is 0 Å². The van der Waals surface area contributed by atoms with Crippen molar-refractivity contribution >= 4 is 29.1 Å². The fraction of sp³-hybridized carbons (Fsp3) is 0.538. The lowest BCUT2D eigenvalue weighted by Gasteiger charge is -2.25. The second-order valence-corrected chi connectivity index (χ2v) is 6.46. The van der Waals surface area contributed by atoms with Crippen molar-refractivity contribution in [3.05, 3.63) is 23.2 Å². The van der Waals surface area contributed by atoms with Gasteiger partial charge in [-0.1, -0.05) is 18.5 Å². The number of thioether (sulfide) groups is 1. The van der Waals surface area contributed by atoms with Crippen LogP contribution in [0, 0.1) is 5.92 Å². The lowest BCUT2D eigenvalue weighted by molar-refractivity contribution is 0.393. The third-order valence-corrected chi connectivity index (χ3v) is 4.89. The number of halogens is 1. The predicted octanol–water partition coefficient (Wildman–Crippen LogP) is 4.59. The molecule has 1 nitrogen and oxygen atoms in total. The van der Waals surface area contributed by atoms with E-state index in [1.807, 2.05) is 30.0 Å². The van der Waals surface area contributed by atoms with Gasteiger partial charge in [0.15, 0.2) is 0 Å². The van der Waals surface area contributed by atoms with Gasteiger partial charge >= 0.3 is 0 Å². The Labute approximate surface area is 107 Å². The Morgan fingerprint density at radius 1 is 1.25 bits per heavy atom. The number of benzene rings is 1. The Morgan fingerprint density at radius 2 is 1.94 bits per heavy atom. The zero-order valence-corrected chi connectivity index (χ0v) is 11.2. The highest BCUT2D eigenvalue weighted by molar-refractivity contribution is 8.00. The first-order valence-electron chi connectivity index (χ1n) is 5.87. The van der Waals surface area contributed by atoms with Gasteiger partial charge in [0.25, 0.3) is 0 Å². The van der Waals surface area contributed by atoms with Crippen molar-refractivity contribution < 1.29 is 0 Å². The van der Waals surface area contributed by atoms with E-state index in [4.69, 9.17) is 17.3 Å². The van der Waals surface area contributed by atoms with Crippen LogP contribution in [0.2, 0.25) is 5.02 Å². The summed E-state index contributed by atoms with van der Waals surface area (Å²) in [6.07, 6.45) is 5.33. The molecule has 1 aliphatic rings. The van der Waals surface area contributed by atoms with Crippen molar-refractivity contribution in [1.82, 2.24) is 0 Å². The second-order valence-electron chi connectivity index (χ2n) is 4.68. The topological polar surface area (TPSA) is 26.0 Å². The molecule has 16 heavy (non-hydrogen) atoms. The van der Waals surface area contributed by atoms with Gasteiger partial charge in [-0.2, -0.15) is 0 Å². The van der Waals surface area contributed by atoms with Gasteiger partial charge in [-0.3, -0.25) is 0 Å². The minimum absolute atomic E-state index is 0.721.